The molecule has 1 aliphatic carbocycles. The van der Waals surface area contributed by atoms with Crippen molar-refractivity contribution in [3.63, 3.8) is 0 Å². The highest BCUT2D eigenvalue weighted by Gasteiger charge is 2.28. The Morgan fingerprint density at radius 2 is 2.43 bits per heavy atom. The molecule has 0 aliphatic heterocycles. The van der Waals surface area contributed by atoms with Crippen LogP contribution in [0.25, 0.3) is 0 Å². The Morgan fingerprint density at radius 1 is 1.57 bits per heavy atom. The Hall–Kier alpha value is -0.800. The predicted molar refractivity (Wildman–Crippen MR) is 56.1 cm³/mol. The second-order valence-electron chi connectivity index (χ2n) is 3.82. The lowest BCUT2D eigenvalue weighted by atomic mass is 9.89. The van der Waals surface area contributed by atoms with E-state index in [4.69, 9.17) is 4.74 Å². The molecule has 14 heavy (non-hydrogen) atoms. The van der Waals surface area contributed by atoms with E-state index in [-0.39, 0.29) is 0 Å². The van der Waals surface area contributed by atoms with E-state index in [9.17, 15) is 0 Å². The van der Waals surface area contributed by atoms with Crippen molar-refractivity contribution in [1.29, 1.82) is 0 Å². The summed E-state index contributed by atoms with van der Waals surface area (Å²) in [6.45, 7) is 3.84. The summed E-state index contributed by atoms with van der Waals surface area (Å²) in [6.07, 6.45) is 4.78. The molecule has 1 saturated carbocycles. The van der Waals surface area contributed by atoms with E-state index >= 15 is 0 Å². The zero-order chi connectivity index (χ0) is 9.80. The molecular formula is C11H18N2O. The van der Waals surface area contributed by atoms with Gasteiger partial charge in [-0.05, 0) is 31.9 Å². The first kappa shape index (κ1) is 9.74. The molecule has 1 aliphatic rings. The number of hydrogen-bond donors (Lipinski definition) is 2. The van der Waals surface area contributed by atoms with Gasteiger partial charge in [-0.25, -0.2) is 0 Å². The maximum absolute atomic E-state index is 5.50. The van der Waals surface area contributed by atoms with Crippen LogP contribution in [0.5, 0.6) is 0 Å². The van der Waals surface area contributed by atoms with Gasteiger partial charge in [0.25, 0.3) is 0 Å². The smallest absolute Gasteiger partial charge is 0.0604 e. The molecule has 3 nitrogen and oxygen atoms in total. The van der Waals surface area contributed by atoms with Crippen LogP contribution in [0.3, 0.4) is 0 Å². The van der Waals surface area contributed by atoms with Gasteiger partial charge in [0.2, 0.25) is 0 Å². The van der Waals surface area contributed by atoms with Crippen molar-refractivity contribution in [3.05, 3.63) is 24.0 Å². The van der Waals surface area contributed by atoms with Crippen LogP contribution >= 0.6 is 0 Å². The van der Waals surface area contributed by atoms with Gasteiger partial charge in [-0.3, -0.25) is 0 Å². The van der Waals surface area contributed by atoms with Gasteiger partial charge in [-0.1, -0.05) is 0 Å². The first-order chi connectivity index (χ1) is 6.88. The van der Waals surface area contributed by atoms with E-state index in [0.717, 1.165) is 26.0 Å². The fraction of sp³-hybridized carbons (Fsp3) is 0.636. The molecule has 0 amide bonds. The zero-order valence-corrected chi connectivity index (χ0v) is 8.62. The number of H-pyrrole nitrogens is 1. The van der Waals surface area contributed by atoms with E-state index in [0.29, 0.717) is 12.1 Å². The van der Waals surface area contributed by atoms with Crippen molar-refractivity contribution >= 4 is 0 Å². The Kier molecular flexibility index (Phi) is 3.22. The van der Waals surface area contributed by atoms with Crippen LogP contribution in [-0.4, -0.2) is 23.7 Å². The normalized spacial score (nSPS) is 26.1. The Bertz CT molecular complexity index is 252. The maximum atomic E-state index is 5.50. The Balaban J connectivity index is 1.61. The van der Waals surface area contributed by atoms with Crippen molar-refractivity contribution < 1.29 is 4.74 Å². The van der Waals surface area contributed by atoms with Gasteiger partial charge in [0.1, 0.15) is 0 Å². The summed E-state index contributed by atoms with van der Waals surface area (Å²) >= 11 is 0. The fourth-order valence-electron chi connectivity index (χ4n) is 1.84. The lowest BCUT2D eigenvalue weighted by Gasteiger charge is -2.35. The Labute approximate surface area is 84.9 Å². The van der Waals surface area contributed by atoms with Gasteiger partial charge in [-0.2, -0.15) is 0 Å². The molecule has 1 heterocycles. The van der Waals surface area contributed by atoms with Gasteiger partial charge in [0, 0.05) is 31.1 Å². The molecule has 3 heteroatoms. The van der Waals surface area contributed by atoms with E-state index in [1.54, 1.807) is 0 Å². The number of hydrogen-bond acceptors (Lipinski definition) is 2. The van der Waals surface area contributed by atoms with Crippen molar-refractivity contribution in [2.45, 2.75) is 38.5 Å². The third kappa shape index (κ3) is 2.36. The average molecular weight is 194 g/mol. The molecule has 0 bridgehead atoms. The molecule has 78 valence electrons. The summed E-state index contributed by atoms with van der Waals surface area (Å²) in [7, 11) is 0. The second kappa shape index (κ2) is 4.62. The molecule has 2 N–H and O–H groups in total. The van der Waals surface area contributed by atoms with Gasteiger partial charge >= 0.3 is 0 Å². The lowest BCUT2D eigenvalue weighted by molar-refractivity contribution is -0.0103. The van der Waals surface area contributed by atoms with Crippen LogP contribution < -0.4 is 5.32 Å². The lowest BCUT2D eigenvalue weighted by Crippen LogP contribution is -2.45. The highest BCUT2D eigenvalue weighted by atomic mass is 16.5. The minimum Gasteiger partial charge on any atom is -0.378 e. The molecule has 1 aromatic heterocycles. The van der Waals surface area contributed by atoms with E-state index in [2.05, 4.69) is 23.3 Å². The topological polar surface area (TPSA) is 37.0 Å². The standard InChI is InChI=1S/C11H18N2O/c1-2-14-11-6-10(7-11)13-8-9-4-3-5-12-9/h3-5,10-13H,2,6-8H2,1H3. The summed E-state index contributed by atoms with van der Waals surface area (Å²) in [4.78, 5) is 3.18. The summed E-state index contributed by atoms with van der Waals surface area (Å²) in [6, 6.07) is 4.78. The molecule has 0 radical (unpaired) electrons. The molecule has 2 rings (SSSR count). The van der Waals surface area contributed by atoms with Crippen LogP contribution in [0.15, 0.2) is 18.3 Å². The molecule has 0 saturated heterocycles. The van der Waals surface area contributed by atoms with Gasteiger partial charge in [0.05, 0.1) is 6.10 Å². The number of rotatable bonds is 5. The molecule has 0 unspecified atom stereocenters. The largest absolute Gasteiger partial charge is 0.378 e. The minimum atomic E-state index is 0.501. The van der Waals surface area contributed by atoms with E-state index in [1.165, 1.54) is 5.69 Å². The molecule has 1 aromatic rings. The molecule has 1 fully saturated rings. The molecule has 0 atom stereocenters. The molecule has 0 spiro atoms. The average Bonchev–Trinajstić information content (AvgIpc) is 2.61. The summed E-state index contributed by atoms with van der Waals surface area (Å²) in [5, 5.41) is 3.50. The van der Waals surface area contributed by atoms with Crippen LogP contribution in [0, 0.1) is 0 Å². The first-order valence-corrected chi connectivity index (χ1v) is 5.35. The fourth-order valence-corrected chi connectivity index (χ4v) is 1.84. The summed E-state index contributed by atoms with van der Waals surface area (Å²) in [5.74, 6) is 0. The molecule has 0 aromatic carbocycles. The monoisotopic (exact) mass is 194 g/mol. The van der Waals surface area contributed by atoms with Crippen molar-refractivity contribution in [1.82, 2.24) is 10.3 Å². The van der Waals surface area contributed by atoms with Gasteiger partial charge in [0.15, 0.2) is 0 Å². The van der Waals surface area contributed by atoms with Crippen LogP contribution in [0.1, 0.15) is 25.5 Å². The van der Waals surface area contributed by atoms with Crippen LogP contribution in [0.2, 0.25) is 0 Å². The summed E-state index contributed by atoms with van der Waals surface area (Å²) in [5.41, 5.74) is 1.25. The minimum absolute atomic E-state index is 0.501. The van der Waals surface area contributed by atoms with E-state index in [1.807, 2.05) is 12.3 Å². The highest BCUT2D eigenvalue weighted by Crippen LogP contribution is 2.23. The SMILES string of the molecule is CCOC1CC(NCc2ccc[nH]2)C1. The maximum Gasteiger partial charge on any atom is 0.0604 e. The third-order valence-electron chi connectivity index (χ3n) is 2.74. The van der Waals surface area contributed by atoms with Gasteiger partial charge in [-0.15, -0.1) is 0 Å². The van der Waals surface area contributed by atoms with Crippen LogP contribution in [0.4, 0.5) is 0 Å². The molecular weight excluding hydrogens is 176 g/mol. The van der Waals surface area contributed by atoms with Gasteiger partial charge < -0.3 is 15.0 Å². The number of ether oxygens (including phenoxy) is 1. The Morgan fingerprint density at radius 3 is 3.07 bits per heavy atom. The highest BCUT2D eigenvalue weighted by molar-refractivity contribution is 5.03. The van der Waals surface area contributed by atoms with Crippen LogP contribution in [-0.2, 0) is 11.3 Å². The number of nitrogens with one attached hydrogen (secondary N) is 2. The number of aromatic nitrogens is 1. The third-order valence-corrected chi connectivity index (χ3v) is 2.74. The first-order valence-electron chi connectivity index (χ1n) is 5.35. The van der Waals surface area contributed by atoms with Crippen molar-refractivity contribution in [2.24, 2.45) is 0 Å². The predicted octanol–water partition coefficient (Wildman–Crippen LogP) is 1.67. The second-order valence-corrected chi connectivity index (χ2v) is 3.82. The number of aromatic amines is 1. The quantitative estimate of drug-likeness (QED) is 0.748. The van der Waals surface area contributed by atoms with Crippen molar-refractivity contribution in [2.75, 3.05) is 6.61 Å². The summed E-state index contributed by atoms with van der Waals surface area (Å²) < 4.78 is 5.50. The zero-order valence-electron chi connectivity index (χ0n) is 8.62. The van der Waals surface area contributed by atoms with E-state index < -0.39 is 0 Å². The van der Waals surface area contributed by atoms with Crippen molar-refractivity contribution in [3.8, 4) is 0 Å².